The minimum absolute atomic E-state index is 0.991. The Bertz CT molecular complexity index is 4980. The van der Waals surface area contributed by atoms with E-state index in [-0.39, 0.29) is 0 Å². The van der Waals surface area contributed by atoms with Crippen LogP contribution in [0.1, 0.15) is 0 Å². The Hall–Kier alpha value is -9.80. The van der Waals surface area contributed by atoms with Gasteiger partial charge >= 0.3 is 0 Å². The summed E-state index contributed by atoms with van der Waals surface area (Å²) >= 11 is 1.90. The highest BCUT2D eigenvalue weighted by Crippen LogP contribution is 2.49. The molecule has 16 rings (SSSR count). The maximum atomic E-state index is 4.62. The number of aromatic nitrogens is 2. The molecule has 356 valence electrons. The maximum Gasteiger partial charge on any atom is 0.0702 e. The third-order valence-corrected chi connectivity index (χ3v) is 17.3. The van der Waals surface area contributed by atoms with Crippen LogP contribution in [-0.4, -0.2) is 9.97 Å². The van der Waals surface area contributed by atoms with Crippen molar-refractivity contribution in [1.82, 2.24) is 9.97 Å². The number of fused-ring (bicyclic) bond motifs is 14. The van der Waals surface area contributed by atoms with Crippen LogP contribution in [0, 0.1) is 0 Å². The molecule has 0 aliphatic rings. The van der Waals surface area contributed by atoms with Gasteiger partial charge in [-0.1, -0.05) is 188 Å². The number of rotatable bonds is 6. The van der Waals surface area contributed by atoms with Crippen molar-refractivity contribution in [2.75, 3.05) is 0 Å². The van der Waals surface area contributed by atoms with Gasteiger partial charge < -0.3 is 0 Å². The van der Waals surface area contributed by atoms with E-state index in [0.717, 1.165) is 44.1 Å². The molecule has 2 nitrogen and oxygen atoms in total. The zero-order valence-corrected chi connectivity index (χ0v) is 42.5. The molecule has 3 aromatic heterocycles. The highest BCUT2D eigenvalue weighted by Gasteiger charge is 2.21. The third kappa shape index (κ3) is 7.02. The average molecular weight is 993 g/mol. The summed E-state index contributed by atoms with van der Waals surface area (Å²) in [7, 11) is 0. The zero-order chi connectivity index (χ0) is 50.6. The van der Waals surface area contributed by atoms with E-state index >= 15 is 0 Å². The van der Waals surface area contributed by atoms with Crippen LogP contribution in [0.2, 0.25) is 0 Å². The Morgan fingerprint density at radius 1 is 0.234 bits per heavy atom. The monoisotopic (exact) mass is 992 g/mol. The van der Waals surface area contributed by atoms with Gasteiger partial charge in [0.1, 0.15) is 0 Å². The number of benzene rings is 13. The largest absolute Gasteiger partial charge is 0.256 e. The molecule has 0 unspecified atom stereocenters. The summed E-state index contributed by atoms with van der Waals surface area (Å²) < 4.78 is 2.58. The highest BCUT2D eigenvalue weighted by molar-refractivity contribution is 7.26. The van der Waals surface area contributed by atoms with Crippen molar-refractivity contribution in [2.24, 2.45) is 0 Å². The number of nitrogens with zero attached hydrogens (tertiary/aromatic N) is 2. The first-order valence-electron chi connectivity index (χ1n) is 26.3. The Morgan fingerprint density at radius 3 is 1.34 bits per heavy atom. The van der Waals surface area contributed by atoms with Crippen LogP contribution in [0.4, 0.5) is 0 Å². The van der Waals surface area contributed by atoms with Gasteiger partial charge in [0.2, 0.25) is 0 Å². The van der Waals surface area contributed by atoms with Crippen molar-refractivity contribution in [3.05, 3.63) is 267 Å². The average Bonchev–Trinajstić information content (AvgIpc) is 3.98. The van der Waals surface area contributed by atoms with Gasteiger partial charge in [-0.3, -0.25) is 9.97 Å². The molecule has 3 heterocycles. The molecule has 0 fully saturated rings. The van der Waals surface area contributed by atoms with Crippen molar-refractivity contribution in [2.45, 2.75) is 0 Å². The molecule has 0 aliphatic heterocycles. The van der Waals surface area contributed by atoms with Crippen LogP contribution >= 0.6 is 11.3 Å². The molecule has 0 radical (unpaired) electrons. The van der Waals surface area contributed by atoms with Gasteiger partial charge in [0.05, 0.1) is 11.0 Å². The molecule has 0 saturated carbocycles. The normalized spacial score (nSPS) is 11.9. The van der Waals surface area contributed by atoms with Crippen LogP contribution in [0.3, 0.4) is 0 Å². The van der Waals surface area contributed by atoms with Crippen LogP contribution in [0.5, 0.6) is 0 Å². The van der Waals surface area contributed by atoms with Crippen molar-refractivity contribution in [3.63, 3.8) is 0 Å². The molecule has 77 heavy (non-hydrogen) atoms. The lowest BCUT2D eigenvalue weighted by Crippen LogP contribution is -1.90. The second-order valence-corrected chi connectivity index (χ2v) is 21.4. The van der Waals surface area contributed by atoms with E-state index in [2.05, 4.69) is 253 Å². The first-order valence-corrected chi connectivity index (χ1v) is 27.2. The Labute approximate surface area is 448 Å². The van der Waals surface area contributed by atoms with Gasteiger partial charge in [-0.05, 0) is 182 Å². The molecule has 0 saturated heterocycles. The lowest BCUT2D eigenvalue weighted by Gasteiger charge is -2.17. The van der Waals surface area contributed by atoms with E-state index in [0.29, 0.717) is 0 Å². The molecule has 0 amide bonds. The number of thiophene rings is 1. The minimum atomic E-state index is 0.991. The number of hydrogen-bond acceptors (Lipinski definition) is 3. The zero-order valence-electron chi connectivity index (χ0n) is 41.7. The summed E-state index contributed by atoms with van der Waals surface area (Å²) in [5.41, 5.74) is 16.4. The standard InChI is InChI=1S/C74H44N2S/c1-2-16-56-54(15-1)55-17-5-6-20-62(55)72-63(56)23-8-24-64(72)57-18-3-4-19-58(57)65-25-10-28-71-73(65)67-27-9-26-66(74(67)77-71)59-21-7-22-60-61(59)34-31-45-29-30-48(44-68(45)60)53-42-51(46-32-35-69-49(39-46)13-11-37-75-69)41-52(43-53)47-33-36-70-50(40-47)14-12-38-76-70/h1-44H. The predicted molar refractivity (Wildman–Crippen MR) is 330 cm³/mol. The van der Waals surface area contributed by atoms with Gasteiger partial charge in [-0.2, -0.15) is 0 Å². The van der Waals surface area contributed by atoms with Gasteiger partial charge in [-0.15, -0.1) is 11.3 Å². The fourth-order valence-corrected chi connectivity index (χ4v) is 13.8. The van der Waals surface area contributed by atoms with E-state index in [4.69, 9.17) is 0 Å². The van der Waals surface area contributed by atoms with E-state index < -0.39 is 0 Å². The Balaban J connectivity index is 0.845. The minimum Gasteiger partial charge on any atom is -0.256 e. The third-order valence-electron chi connectivity index (χ3n) is 16.1. The van der Waals surface area contributed by atoms with Gasteiger partial charge in [0.25, 0.3) is 0 Å². The van der Waals surface area contributed by atoms with Gasteiger partial charge in [-0.25, -0.2) is 0 Å². The molecular formula is C74H44N2S. The highest BCUT2D eigenvalue weighted by atomic mass is 32.1. The van der Waals surface area contributed by atoms with Crippen LogP contribution in [0.25, 0.3) is 163 Å². The van der Waals surface area contributed by atoms with Gasteiger partial charge in [0.15, 0.2) is 0 Å². The van der Waals surface area contributed by atoms with Gasteiger partial charge in [0, 0.05) is 48.9 Å². The lowest BCUT2D eigenvalue weighted by atomic mass is 9.86. The first kappa shape index (κ1) is 43.6. The molecule has 0 spiro atoms. The molecule has 0 aliphatic carbocycles. The van der Waals surface area contributed by atoms with Crippen molar-refractivity contribution in [1.29, 1.82) is 0 Å². The predicted octanol–water partition coefficient (Wildman–Crippen LogP) is 20.9. The molecule has 0 atom stereocenters. The van der Waals surface area contributed by atoms with Crippen LogP contribution < -0.4 is 0 Å². The first-order chi connectivity index (χ1) is 38.2. The summed E-state index contributed by atoms with van der Waals surface area (Å²) in [5.74, 6) is 0. The summed E-state index contributed by atoms with van der Waals surface area (Å²) in [5, 5.41) is 17.5. The van der Waals surface area contributed by atoms with E-state index in [1.54, 1.807) is 0 Å². The molecular weight excluding hydrogens is 949 g/mol. The fourth-order valence-electron chi connectivity index (χ4n) is 12.6. The van der Waals surface area contributed by atoms with E-state index in [1.807, 2.05) is 35.9 Å². The number of hydrogen-bond donors (Lipinski definition) is 0. The fraction of sp³-hybridized carbons (Fsp3) is 0. The Morgan fingerprint density at radius 2 is 0.688 bits per heavy atom. The molecule has 16 aromatic rings. The SMILES string of the molecule is c1ccc(-c2cccc3c4ccccc4c4ccccc4c23)c(-c2cccc3sc4c(-c5cccc6c5ccc5ccc(-c7cc(-c8ccc9ncccc9c8)cc(-c8ccc9ncccc9c8)c7)cc56)cccc4c23)c1. The molecule has 13 aromatic carbocycles. The second kappa shape index (κ2) is 17.4. The summed E-state index contributed by atoms with van der Waals surface area (Å²) in [4.78, 5) is 9.24. The Kier molecular flexibility index (Phi) is 9.85. The summed E-state index contributed by atoms with van der Waals surface area (Å²) in [6.07, 6.45) is 3.72. The van der Waals surface area contributed by atoms with E-state index in [9.17, 15) is 0 Å². The summed E-state index contributed by atoms with van der Waals surface area (Å²) in [6.45, 7) is 0. The van der Waals surface area contributed by atoms with Crippen LogP contribution in [-0.2, 0) is 0 Å². The smallest absolute Gasteiger partial charge is 0.0702 e. The molecule has 0 N–H and O–H groups in total. The topological polar surface area (TPSA) is 25.8 Å². The van der Waals surface area contributed by atoms with Crippen LogP contribution in [0.15, 0.2) is 267 Å². The maximum absolute atomic E-state index is 4.62. The van der Waals surface area contributed by atoms with Crippen molar-refractivity contribution in [3.8, 4) is 66.8 Å². The van der Waals surface area contributed by atoms with Crippen molar-refractivity contribution >= 4 is 107 Å². The quantitative estimate of drug-likeness (QED) is 0.155. The summed E-state index contributed by atoms with van der Waals surface area (Å²) in [6, 6.07) is 94.5. The van der Waals surface area contributed by atoms with Crippen molar-refractivity contribution < 1.29 is 0 Å². The molecule has 3 heteroatoms. The van der Waals surface area contributed by atoms with E-state index in [1.165, 1.54) is 119 Å². The second-order valence-electron chi connectivity index (χ2n) is 20.4. The molecule has 0 bridgehead atoms. The lowest BCUT2D eigenvalue weighted by molar-refractivity contribution is 1.41. The number of pyridine rings is 2.